The number of imidazole rings is 1. The molecular formula is C28H28N4O5S. The Kier molecular flexibility index (Phi) is 6.63. The summed E-state index contributed by atoms with van der Waals surface area (Å²) >= 11 is 1.35. The number of fused-ring (bicyclic) bond motifs is 2. The molecule has 0 unspecified atom stereocenters. The lowest BCUT2D eigenvalue weighted by Crippen LogP contribution is -2.24. The molecule has 1 saturated carbocycles. The van der Waals surface area contributed by atoms with Crippen LogP contribution in [0.4, 0.5) is 5.69 Å². The second-order valence-corrected chi connectivity index (χ2v) is 10.3. The fourth-order valence-electron chi connectivity index (χ4n) is 4.84. The van der Waals surface area contributed by atoms with Gasteiger partial charge in [0.05, 0.1) is 25.8 Å². The van der Waals surface area contributed by atoms with E-state index in [0.29, 0.717) is 45.3 Å². The van der Waals surface area contributed by atoms with Gasteiger partial charge < -0.3 is 23.9 Å². The molecule has 10 heteroatoms. The number of nitrogens with zero attached hydrogens (tertiary/aromatic N) is 3. The SMILES string of the molecule is COc1cc(OCc2cccc(NC(=O)C3CCCCC3)c2)c2cc(-c3cn4nc(OC)sc4n3)oc2c1. The molecule has 1 N–H and O–H groups in total. The van der Waals surface area contributed by atoms with Gasteiger partial charge in [-0.05, 0) is 47.9 Å². The van der Waals surface area contributed by atoms with Gasteiger partial charge in [-0.25, -0.2) is 9.50 Å². The number of hydrogen-bond acceptors (Lipinski definition) is 8. The Labute approximate surface area is 223 Å². The van der Waals surface area contributed by atoms with Crippen molar-refractivity contribution in [1.29, 1.82) is 0 Å². The van der Waals surface area contributed by atoms with Crippen LogP contribution in [-0.2, 0) is 11.4 Å². The van der Waals surface area contributed by atoms with Crippen LogP contribution in [-0.4, -0.2) is 34.7 Å². The molecule has 0 radical (unpaired) electrons. The molecule has 2 aromatic carbocycles. The molecule has 196 valence electrons. The number of anilines is 1. The van der Waals surface area contributed by atoms with E-state index in [2.05, 4.69) is 15.4 Å². The number of ether oxygens (including phenoxy) is 3. The first-order chi connectivity index (χ1) is 18.6. The van der Waals surface area contributed by atoms with Crippen LogP contribution in [0.15, 0.2) is 53.1 Å². The van der Waals surface area contributed by atoms with Crippen LogP contribution in [0.1, 0.15) is 37.7 Å². The number of nitrogens with one attached hydrogen (secondary N) is 1. The second kappa shape index (κ2) is 10.4. The molecule has 9 nitrogen and oxygen atoms in total. The van der Waals surface area contributed by atoms with Crippen molar-refractivity contribution in [3.05, 3.63) is 54.2 Å². The number of benzene rings is 2. The first kappa shape index (κ1) is 24.3. The van der Waals surface area contributed by atoms with E-state index in [0.717, 1.165) is 42.3 Å². The van der Waals surface area contributed by atoms with Gasteiger partial charge >= 0.3 is 0 Å². The molecule has 3 aromatic heterocycles. The van der Waals surface area contributed by atoms with Crippen LogP contribution in [0.2, 0.25) is 0 Å². The van der Waals surface area contributed by atoms with Crippen LogP contribution in [0, 0.1) is 5.92 Å². The maximum atomic E-state index is 12.7. The van der Waals surface area contributed by atoms with Gasteiger partial charge in [-0.2, -0.15) is 0 Å². The van der Waals surface area contributed by atoms with Crippen LogP contribution in [0.3, 0.4) is 0 Å². The topological polar surface area (TPSA) is 100 Å². The highest BCUT2D eigenvalue weighted by Crippen LogP contribution is 2.37. The molecule has 0 aliphatic heterocycles. The summed E-state index contributed by atoms with van der Waals surface area (Å²) in [5.74, 6) is 2.07. The molecule has 0 atom stereocenters. The second-order valence-electron chi connectivity index (χ2n) is 9.39. The lowest BCUT2D eigenvalue weighted by molar-refractivity contribution is -0.120. The standard InChI is InChI=1S/C28H28N4O5S/c1-34-20-12-23(36-16-17-7-6-10-19(11-17)29-26(33)18-8-4-3-5-9-18)21-14-25(37-24(21)13-20)22-15-32-27(30-22)38-28(31-32)35-2/h6-7,10-15,18H,3-5,8-9,16H2,1-2H3,(H,29,33). The average molecular weight is 533 g/mol. The van der Waals surface area contributed by atoms with Crippen molar-refractivity contribution < 1.29 is 23.4 Å². The number of methoxy groups -OCH3 is 2. The highest BCUT2D eigenvalue weighted by atomic mass is 32.1. The number of amides is 1. The normalized spacial score (nSPS) is 14.2. The Morgan fingerprint density at radius 3 is 2.79 bits per heavy atom. The first-order valence-corrected chi connectivity index (χ1v) is 13.5. The van der Waals surface area contributed by atoms with Crippen molar-refractivity contribution in [2.45, 2.75) is 38.7 Å². The van der Waals surface area contributed by atoms with Gasteiger partial charge in [-0.1, -0.05) is 31.4 Å². The molecule has 3 heterocycles. The number of carbonyl (C=O) groups is 1. The first-order valence-electron chi connectivity index (χ1n) is 12.6. The third-order valence-electron chi connectivity index (χ3n) is 6.83. The van der Waals surface area contributed by atoms with Gasteiger partial charge in [-0.15, -0.1) is 5.10 Å². The molecule has 0 spiro atoms. The smallest absolute Gasteiger partial charge is 0.294 e. The highest BCUT2D eigenvalue weighted by molar-refractivity contribution is 7.18. The maximum absolute atomic E-state index is 12.7. The van der Waals surface area contributed by atoms with E-state index in [1.54, 1.807) is 24.9 Å². The minimum absolute atomic E-state index is 0.105. The maximum Gasteiger partial charge on any atom is 0.294 e. The quantitative estimate of drug-likeness (QED) is 0.250. The summed E-state index contributed by atoms with van der Waals surface area (Å²) in [5, 5.41) is 8.77. The van der Waals surface area contributed by atoms with E-state index in [1.165, 1.54) is 17.8 Å². The third-order valence-corrected chi connectivity index (χ3v) is 7.71. The van der Waals surface area contributed by atoms with Crippen molar-refractivity contribution in [2.24, 2.45) is 5.92 Å². The van der Waals surface area contributed by atoms with Crippen molar-refractivity contribution >= 4 is 38.9 Å². The van der Waals surface area contributed by atoms with Crippen molar-refractivity contribution in [3.8, 4) is 28.1 Å². The van der Waals surface area contributed by atoms with Crippen LogP contribution in [0.25, 0.3) is 27.4 Å². The lowest BCUT2D eigenvalue weighted by Gasteiger charge is -2.20. The fraction of sp³-hybridized carbons (Fsp3) is 0.321. The third kappa shape index (κ3) is 4.91. The number of aromatic nitrogens is 3. The van der Waals surface area contributed by atoms with Crippen molar-refractivity contribution in [3.63, 3.8) is 0 Å². The van der Waals surface area contributed by atoms with E-state index in [4.69, 9.17) is 18.6 Å². The molecular weight excluding hydrogens is 504 g/mol. The summed E-state index contributed by atoms with van der Waals surface area (Å²) in [6.45, 7) is 0.319. The summed E-state index contributed by atoms with van der Waals surface area (Å²) in [6.07, 6.45) is 7.21. The number of rotatable bonds is 8. The Morgan fingerprint density at radius 2 is 2.00 bits per heavy atom. The molecule has 1 amide bonds. The Balaban J connectivity index is 1.22. The van der Waals surface area contributed by atoms with Gasteiger partial charge in [0.15, 0.2) is 5.76 Å². The van der Waals surface area contributed by atoms with Crippen molar-refractivity contribution in [2.75, 3.05) is 19.5 Å². The molecule has 1 aliphatic carbocycles. The van der Waals surface area contributed by atoms with Crippen LogP contribution < -0.4 is 19.5 Å². The average Bonchev–Trinajstić information content (AvgIpc) is 3.65. The number of furan rings is 1. The molecule has 5 aromatic rings. The Bertz CT molecular complexity index is 1570. The van der Waals surface area contributed by atoms with Gasteiger partial charge in [0.1, 0.15) is 29.4 Å². The molecule has 38 heavy (non-hydrogen) atoms. The zero-order valence-electron chi connectivity index (χ0n) is 21.2. The fourth-order valence-corrected chi connectivity index (χ4v) is 5.54. The number of hydrogen-bond donors (Lipinski definition) is 1. The molecule has 1 fully saturated rings. The summed E-state index contributed by atoms with van der Waals surface area (Å²) < 4.78 is 24.7. The molecule has 0 saturated heterocycles. The molecule has 6 rings (SSSR count). The Morgan fingerprint density at radius 1 is 1.13 bits per heavy atom. The van der Waals surface area contributed by atoms with Crippen molar-refractivity contribution in [1.82, 2.24) is 14.6 Å². The van der Waals surface area contributed by atoms with Crippen LogP contribution >= 0.6 is 11.3 Å². The molecule has 0 bridgehead atoms. The van der Waals surface area contributed by atoms with Gasteiger partial charge in [0, 0.05) is 23.7 Å². The van der Waals surface area contributed by atoms with Gasteiger partial charge in [0.2, 0.25) is 10.9 Å². The zero-order chi connectivity index (χ0) is 26.1. The van der Waals surface area contributed by atoms with E-state index in [-0.39, 0.29) is 11.8 Å². The van der Waals surface area contributed by atoms with E-state index in [9.17, 15) is 4.79 Å². The van der Waals surface area contributed by atoms with Gasteiger partial charge in [-0.3, -0.25) is 4.79 Å². The highest BCUT2D eigenvalue weighted by Gasteiger charge is 2.21. The number of carbonyl (C=O) groups excluding carboxylic acids is 1. The van der Waals surface area contributed by atoms with E-state index in [1.807, 2.05) is 42.5 Å². The van der Waals surface area contributed by atoms with E-state index >= 15 is 0 Å². The predicted octanol–water partition coefficient (Wildman–Crippen LogP) is 6.32. The predicted molar refractivity (Wildman–Crippen MR) is 145 cm³/mol. The van der Waals surface area contributed by atoms with Crippen LogP contribution in [0.5, 0.6) is 16.7 Å². The summed E-state index contributed by atoms with van der Waals surface area (Å²) in [6, 6.07) is 13.4. The summed E-state index contributed by atoms with van der Waals surface area (Å²) in [7, 11) is 3.19. The monoisotopic (exact) mass is 532 g/mol. The summed E-state index contributed by atoms with van der Waals surface area (Å²) in [4.78, 5) is 18.0. The van der Waals surface area contributed by atoms with E-state index < -0.39 is 0 Å². The molecule has 1 aliphatic rings. The minimum Gasteiger partial charge on any atom is -0.496 e. The summed E-state index contributed by atoms with van der Waals surface area (Å²) in [5.41, 5.74) is 3.02. The largest absolute Gasteiger partial charge is 0.496 e. The van der Waals surface area contributed by atoms with Gasteiger partial charge in [0.25, 0.3) is 5.19 Å². The zero-order valence-corrected chi connectivity index (χ0v) is 22.0. The Hall–Kier alpha value is -4.05. The lowest BCUT2D eigenvalue weighted by atomic mass is 9.88. The minimum atomic E-state index is 0.105.